The molecule has 0 aliphatic carbocycles. The molecule has 1 heterocycles. The van der Waals surface area contributed by atoms with E-state index in [1.54, 1.807) is 14.0 Å². The SMILES string of the molecule is COc1ccccc1CC(=O)N1CCC(NC(=O)C(C)(N)c2ccccc2)CC1.Cl. The Morgan fingerprint density at radius 2 is 1.70 bits per heavy atom. The summed E-state index contributed by atoms with van der Waals surface area (Å²) in [5.41, 5.74) is 6.88. The van der Waals surface area contributed by atoms with Crippen LogP contribution >= 0.6 is 12.4 Å². The van der Waals surface area contributed by atoms with Crippen molar-refractivity contribution in [2.75, 3.05) is 20.2 Å². The third-order valence-corrected chi connectivity index (χ3v) is 5.56. The molecule has 1 aliphatic heterocycles. The number of likely N-dealkylation sites (tertiary alicyclic amines) is 1. The molecule has 2 aromatic rings. The van der Waals surface area contributed by atoms with Gasteiger partial charge >= 0.3 is 0 Å². The van der Waals surface area contributed by atoms with Crippen LogP contribution in [0.2, 0.25) is 0 Å². The smallest absolute Gasteiger partial charge is 0.244 e. The second kappa shape index (κ2) is 10.5. The molecule has 2 aromatic carbocycles. The molecule has 6 nitrogen and oxygen atoms in total. The number of halogens is 1. The topological polar surface area (TPSA) is 84.7 Å². The molecule has 1 unspecified atom stereocenters. The summed E-state index contributed by atoms with van der Waals surface area (Å²) in [5.74, 6) is 0.612. The lowest BCUT2D eigenvalue weighted by molar-refractivity contribution is -0.132. The number of benzene rings is 2. The molecule has 3 rings (SSSR count). The Hall–Kier alpha value is -2.57. The first-order valence-corrected chi connectivity index (χ1v) is 9.97. The Kier molecular flexibility index (Phi) is 8.26. The molecular formula is C23H30ClN3O3. The molecular weight excluding hydrogens is 402 g/mol. The Morgan fingerprint density at radius 3 is 2.33 bits per heavy atom. The molecule has 0 radical (unpaired) electrons. The number of hydrogen-bond acceptors (Lipinski definition) is 4. The number of carbonyl (C=O) groups is 2. The Bertz CT molecular complexity index is 850. The Labute approximate surface area is 184 Å². The fourth-order valence-electron chi connectivity index (χ4n) is 3.65. The summed E-state index contributed by atoms with van der Waals surface area (Å²) < 4.78 is 5.33. The van der Waals surface area contributed by atoms with Crippen LogP contribution in [0.25, 0.3) is 0 Å². The van der Waals surface area contributed by atoms with Crippen molar-refractivity contribution in [2.45, 2.75) is 37.8 Å². The van der Waals surface area contributed by atoms with Gasteiger partial charge in [-0.2, -0.15) is 0 Å². The largest absolute Gasteiger partial charge is 0.496 e. The molecule has 1 aliphatic rings. The number of ether oxygens (including phenoxy) is 1. The van der Waals surface area contributed by atoms with Gasteiger partial charge in [0.2, 0.25) is 11.8 Å². The number of nitrogens with zero attached hydrogens (tertiary/aromatic N) is 1. The van der Waals surface area contributed by atoms with Gasteiger partial charge in [0, 0.05) is 24.7 Å². The number of para-hydroxylation sites is 1. The first-order valence-electron chi connectivity index (χ1n) is 9.97. The van der Waals surface area contributed by atoms with Gasteiger partial charge in [-0.1, -0.05) is 48.5 Å². The highest BCUT2D eigenvalue weighted by Gasteiger charge is 2.33. The second-order valence-corrected chi connectivity index (χ2v) is 7.69. The lowest BCUT2D eigenvalue weighted by Crippen LogP contribution is -2.54. The van der Waals surface area contributed by atoms with Crippen LogP contribution in [0.1, 0.15) is 30.9 Å². The molecule has 162 valence electrons. The molecule has 0 bridgehead atoms. The lowest BCUT2D eigenvalue weighted by atomic mass is 9.91. The van der Waals surface area contributed by atoms with Gasteiger partial charge in [-0.15, -0.1) is 12.4 Å². The maximum absolute atomic E-state index is 12.7. The van der Waals surface area contributed by atoms with Gasteiger partial charge in [-0.3, -0.25) is 9.59 Å². The lowest BCUT2D eigenvalue weighted by Gasteiger charge is -2.34. The number of amides is 2. The monoisotopic (exact) mass is 431 g/mol. The average Bonchev–Trinajstić information content (AvgIpc) is 2.75. The van der Waals surface area contributed by atoms with E-state index < -0.39 is 5.54 Å². The van der Waals surface area contributed by atoms with Crippen LogP contribution in [0, 0.1) is 0 Å². The van der Waals surface area contributed by atoms with Crippen LogP contribution < -0.4 is 15.8 Å². The summed E-state index contributed by atoms with van der Waals surface area (Å²) >= 11 is 0. The van der Waals surface area contributed by atoms with Crippen molar-refractivity contribution in [3.8, 4) is 5.75 Å². The summed E-state index contributed by atoms with van der Waals surface area (Å²) in [4.78, 5) is 27.3. The third kappa shape index (κ3) is 5.52. The minimum Gasteiger partial charge on any atom is -0.496 e. The van der Waals surface area contributed by atoms with Crippen LogP contribution in [-0.2, 0) is 21.5 Å². The van der Waals surface area contributed by atoms with Crippen LogP contribution in [0.15, 0.2) is 54.6 Å². The van der Waals surface area contributed by atoms with Gasteiger partial charge in [0.05, 0.1) is 13.5 Å². The molecule has 1 atom stereocenters. The van der Waals surface area contributed by atoms with E-state index in [2.05, 4.69) is 5.32 Å². The summed E-state index contributed by atoms with van der Waals surface area (Å²) in [6.07, 6.45) is 1.75. The minimum absolute atomic E-state index is 0. The maximum Gasteiger partial charge on any atom is 0.244 e. The van der Waals surface area contributed by atoms with E-state index in [-0.39, 0.29) is 30.3 Å². The van der Waals surface area contributed by atoms with E-state index in [1.165, 1.54) is 0 Å². The van der Waals surface area contributed by atoms with Crippen molar-refractivity contribution in [2.24, 2.45) is 5.73 Å². The number of carbonyl (C=O) groups excluding carboxylic acids is 2. The molecule has 3 N–H and O–H groups in total. The van der Waals surface area contributed by atoms with Gasteiger partial charge in [0.25, 0.3) is 0 Å². The highest BCUT2D eigenvalue weighted by Crippen LogP contribution is 2.21. The normalized spacial score (nSPS) is 16.2. The molecule has 0 aromatic heterocycles. The van der Waals surface area contributed by atoms with E-state index in [4.69, 9.17) is 10.5 Å². The highest BCUT2D eigenvalue weighted by molar-refractivity contribution is 5.87. The second-order valence-electron chi connectivity index (χ2n) is 7.69. The van der Waals surface area contributed by atoms with E-state index in [1.807, 2.05) is 59.5 Å². The summed E-state index contributed by atoms with van der Waals surface area (Å²) in [5, 5.41) is 3.06. The fourth-order valence-corrected chi connectivity index (χ4v) is 3.65. The molecule has 30 heavy (non-hydrogen) atoms. The molecule has 1 fully saturated rings. The molecule has 0 saturated carbocycles. The molecule has 7 heteroatoms. The van der Waals surface area contributed by atoms with Gasteiger partial charge in [-0.05, 0) is 31.4 Å². The molecule has 2 amide bonds. The van der Waals surface area contributed by atoms with Gasteiger partial charge in [0.15, 0.2) is 0 Å². The average molecular weight is 432 g/mol. The quantitative estimate of drug-likeness (QED) is 0.736. The van der Waals surface area contributed by atoms with E-state index >= 15 is 0 Å². The Balaban J connectivity index is 0.00000320. The number of rotatable bonds is 6. The zero-order valence-corrected chi connectivity index (χ0v) is 18.3. The predicted octanol–water partition coefficient (Wildman–Crippen LogP) is 2.64. The summed E-state index contributed by atoms with van der Waals surface area (Å²) in [6, 6.07) is 17.0. The standard InChI is InChI=1S/C23H29N3O3.ClH/c1-23(24,18-9-4-3-5-10-18)22(28)25-19-12-14-26(15-13-19)21(27)16-17-8-6-7-11-20(17)29-2;/h3-11,19H,12-16,24H2,1-2H3,(H,25,28);1H. The first kappa shape index (κ1) is 23.7. The van der Waals surface area contributed by atoms with E-state index in [9.17, 15) is 9.59 Å². The zero-order valence-electron chi connectivity index (χ0n) is 17.5. The van der Waals surface area contributed by atoms with Crippen LogP contribution in [-0.4, -0.2) is 43.0 Å². The van der Waals surface area contributed by atoms with E-state index in [0.29, 0.717) is 32.4 Å². The maximum atomic E-state index is 12.7. The zero-order chi connectivity index (χ0) is 20.9. The number of nitrogens with two attached hydrogens (primary N) is 1. The fraction of sp³-hybridized carbons (Fsp3) is 0.391. The summed E-state index contributed by atoms with van der Waals surface area (Å²) in [6.45, 7) is 2.96. The minimum atomic E-state index is -1.09. The van der Waals surface area contributed by atoms with Crippen molar-refractivity contribution in [3.05, 3.63) is 65.7 Å². The predicted molar refractivity (Wildman–Crippen MR) is 120 cm³/mol. The van der Waals surface area contributed by atoms with Crippen molar-refractivity contribution in [3.63, 3.8) is 0 Å². The Morgan fingerprint density at radius 1 is 1.10 bits per heavy atom. The number of hydrogen-bond donors (Lipinski definition) is 2. The number of piperidine rings is 1. The highest BCUT2D eigenvalue weighted by atomic mass is 35.5. The van der Waals surface area contributed by atoms with Crippen molar-refractivity contribution in [1.29, 1.82) is 0 Å². The van der Waals surface area contributed by atoms with Crippen LogP contribution in [0.4, 0.5) is 0 Å². The van der Waals surface area contributed by atoms with Crippen molar-refractivity contribution >= 4 is 24.2 Å². The first-order chi connectivity index (χ1) is 13.9. The third-order valence-electron chi connectivity index (χ3n) is 5.56. The molecule has 1 saturated heterocycles. The number of methoxy groups -OCH3 is 1. The van der Waals surface area contributed by atoms with Crippen molar-refractivity contribution < 1.29 is 14.3 Å². The van der Waals surface area contributed by atoms with E-state index in [0.717, 1.165) is 16.9 Å². The molecule has 0 spiro atoms. The van der Waals surface area contributed by atoms with Crippen molar-refractivity contribution in [1.82, 2.24) is 10.2 Å². The van der Waals surface area contributed by atoms with Gasteiger partial charge < -0.3 is 20.7 Å². The van der Waals surface area contributed by atoms with Gasteiger partial charge in [-0.25, -0.2) is 0 Å². The summed E-state index contributed by atoms with van der Waals surface area (Å²) in [7, 11) is 1.61. The van der Waals surface area contributed by atoms with Crippen LogP contribution in [0.3, 0.4) is 0 Å². The van der Waals surface area contributed by atoms with Gasteiger partial charge in [0.1, 0.15) is 11.3 Å². The number of nitrogens with one attached hydrogen (secondary N) is 1. The van der Waals surface area contributed by atoms with Crippen LogP contribution in [0.5, 0.6) is 5.75 Å².